The van der Waals surface area contributed by atoms with Crippen molar-refractivity contribution in [2.45, 2.75) is 17.1 Å². The van der Waals surface area contributed by atoms with Crippen LogP contribution in [0.25, 0.3) is 0 Å². The lowest BCUT2D eigenvalue weighted by molar-refractivity contribution is -0.154. The predicted molar refractivity (Wildman–Crippen MR) is 74.6 cm³/mol. The molecular formula is C11H14ClNO5S2. The zero-order valence-corrected chi connectivity index (χ0v) is 12.9. The first kappa shape index (κ1) is 15.7. The van der Waals surface area contributed by atoms with E-state index in [1.807, 2.05) is 0 Å². The number of thiophene rings is 1. The van der Waals surface area contributed by atoms with Crippen LogP contribution >= 0.6 is 22.9 Å². The molecule has 1 fully saturated rings. The number of carbonyl (C=O) groups is 1. The molecule has 0 amide bonds. The first-order valence-corrected chi connectivity index (χ1v) is 8.60. The molecule has 9 heteroatoms. The van der Waals surface area contributed by atoms with Crippen LogP contribution in [-0.2, 0) is 19.6 Å². The van der Waals surface area contributed by atoms with Gasteiger partial charge in [-0.05, 0) is 25.0 Å². The number of aliphatic carboxylic acids is 1. The maximum atomic E-state index is 12.1. The molecule has 2 heterocycles. The largest absolute Gasteiger partial charge is 0.481 e. The van der Waals surface area contributed by atoms with Gasteiger partial charge in [-0.3, -0.25) is 4.79 Å². The van der Waals surface area contributed by atoms with Gasteiger partial charge in [0, 0.05) is 19.8 Å². The van der Waals surface area contributed by atoms with Gasteiger partial charge in [0.15, 0.2) is 0 Å². The molecule has 1 saturated heterocycles. The maximum Gasteiger partial charge on any atom is 0.311 e. The molecule has 2 rings (SSSR count). The van der Waals surface area contributed by atoms with Crippen molar-refractivity contribution in [1.82, 2.24) is 4.72 Å². The van der Waals surface area contributed by atoms with Gasteiger partial charge in [-0.2, -0.15) is 0 Å². The highest BCUT2D eigenvalue weighted by Gasteiger charge is 2.41. The van der Waals surface area contributed by atoms with E-state index in [1.54, 1.807) is 0 Å². The van der Waals surface area contributed by atoms with Crippen molar-refractivity contribution in [3.8, 4) is 0 Å². The molecule has 1 aliphatic rings. The van der Waals surface area contributed by atoms with E-state index in [0.717, 1.165) is 11.3 Å². The molecule has 0 atom stereocenters. The van der Waals surface area contributed by atoms with E-state index >= 15 is 0 Å². The van der Waals surface area contributed by atoms with Crippen molar-refractivity contribution < 1.29 is 23.1 Å². The Morgan fingerprint density at radius 2 is 2.10 bits per heavy atom. The summed E-state index contributed by atoms with van der Waals surface area (Å²) in [5.41, 5.74) is -1.10. The number of halogens is 1. The first-order valence-electron chi connectivity index (χ1n) is 5.92. The van der Waals surface area contributed by atoms with E-state index in [-0.39, 0.29) is 23.6 Å². The lowest BCUT2D eigenvalue weighted by Crippen LogP contribution is -2.46. The minimum absolute atomic E-state index is 0.0788. The van der Waals surface area contributed by atoms with Crippen LogP contribution in [0.5, 0.6) is 0 Å². The van der Waals surface area contributed by atoms with E-state index in [0.29, 0.717) is 17.6 Å². The lowest BCUT2D eigenvalue weighted by atomic mass is 9.80. The molecule has 6 nitrogen and oxygen atoms in total. The van der Waals surface area contributed by atoms with Gasteiger partial charge in [-0.25, -0.2) is 13.1 Å². The fourth-order valence-corrected chi connectivity index (χ4v) is 4.63. The van der Waals surface area contributed by atoms with Crippen molar-refractivity contribution in [1.29, 1.82) is 0 Å². The summed E-state index contributed by atoms with van der Waals surface area (Å²) in [6, 6.07) is 2.88. The second-order valence-electron chi connectivity index (χ2n) is 4.58. The number of sulfonamides is 1. The molecule has 0 bridgehead atoms. The number of hydrogen-bond donors (Lipinski definition) is 2. The van der Waals surface area contributed by atoms with Crippen LogP contribution in [0.15, 0.2) is 16.3 Å². The third kappa shape index (κ3) is 3.32. The van der Waals surface area contributed by atoms with Gasteiger partial charge in [0.05, 0.1) is 9.75 Å². The summed E-state index contributed by atoms with van der Waals surface area (Å²) in [4.78, 5) is 11.4. The van der Waals surface area contributed by atoms with Crippen molar-refractivity contribution in [3.63, 3.8) is 0 Å². The number of nitrogens with one attached hydrogen (secondary N) is 1. The van der Waals surface area contributed by atoms with Crippen molar-refractivity contribution in [3.05, 3.63) is 16.5 Å². The standard InChI is InChI=1S/C11H14ClNO5S2/c12-8-1-2-9(19-8)20(16,17)13-7-11(10(14)15)3-5-18-6-4-11/h1-2,13H,3-7H2,(H,14,15). The third-order valence-corrected chi connectivity index (χ3v) is 6.44. The van der Waals surface area contributed by atoms with E-state index < -0.39 is 21.4 Å². The van der Waals surface area contributed by atoms with Gasteiger partial charge in [0.1, 0.15) is 4.21 Å². The molecule has 0 saturated carbocycles. The quantitative estimate of drug-likeness (QED) is 0.849. The van der Waals surface area contributed by atoms with E-state index in [2.05, 4.69) is 4.72 Å². The van der Waals surface area contributed by atoms with Gasteiger partial charge < -0.3 is 9.84 Å². The van der Waals surface area contributed by atoms with E-state index in [9.17, 15) is 18.3 Å². The van der Waals surface area contributed by atoms with Crippen LogP contribution in [0.1, 0.15) is 12.8 Å². The molecule has 1 aromatic rings. The fraction of sp³-hybridized carbons (Fsp3) is 0.545. The molecule has 0 radical (unpaired) electrons. The zero-order chi connectivity index (χ0) is 14.8. The molecule has 2 N–H and O–H groups in total. The monoisotopic (exact) mass is 339 g/mol. The van der Waals surface area contributed by atoms with E-state index in [1.165, 1.54) is 12.1 Å². The summed E-state index contributed by atoms with van der Waals surface area (Å²) in [5, 5.41) is 9.35. The van der Waals surface area contributed by atoms with Gasteiger partial charge in [-0.15, -0.1) is 11.3 Å². The first-order chi connectivity index (χ1) is 9.36. The minimum atomic E-state index is -3.73. The van der Waals surface area contributed by atoms with Crippen molar-refractivity contribution in [2.75, 3.05) is 19.8 Å². The number of carboxylic acids is 1. The zero-order valence-electron chi connectivity index (χ0n) is 10.5. The van der Waals surface area contributed by atoms with Crippen LogP contribution in [0.3, 0.4) is 0 Å². The average molecular weight is 340 g/mol. The van der Waals surface area contributed by atoms with E-state index in [4.69, 9.17) is 16.3 Å². The summed E-state index contributed by atoms with van der Waals surface area (Å²) >= 11 is 6.64. The predicted octanol–water partition coefficient (Wildman–Crippen LogP) is 1.56. The Kier molecular flexibility index (Phi) is 4.70. The van der Waals surface area contributed by atoms with Gasteiger partial charge in [0.2, 0.25) is 10.0 Å². The average Bonchev–Trinajstić information content (AvgIpc) is 2.85. The van der Waals surface area contributed by atoms with Crippen LogP contribution in [0.2, 0.25) is 4.34 Å². The number of rotatable bonds is 5. The number of hydrogen-bond acceptors (Lipinski definition) is 5. The van der Waals surface area contributed by atoms with Crippen molar-refractivity contribution in [2.24, 2.45) is 5.41 Å². The van der Waals surface area contributed by atoms with Crippen LogP contribution < -0.4 is 4.72 Å². The topological polar surface area (TPSA) is 92.7 Å². The van der Waals surface area contributed by atoms with Gasteiger partial charge in [0.25, 0.3) is 0 Å². The van der Waals surface area contributed by atoms with Crippen molar-refractivity contribution >= 4 is 38.9 Å². The Morgan fingerprint density at radius 1 is 1.45 bits per heavy atom. The third-order valence-electron chi connectivity index (χ3n) is 3.32. The van der Waals surface area contributed by atoms with Crippen LogP contribution in [0, 0.1) is 5.41 Å². The lowest BCUT2D eigenvalue weighted by Gasteiger charge is -2.32. The molecule has 20 heavy (non-hydrogen) atoms. The summed E-state index contributed by atoms with van der Waals surface area (Å²) in [6.07, 6.45) is 0.575. The van der Waals surface area contributed by atoms with Crippen LogP contribution in [0.4, 0.5) is 0 Å². The maximum absolute atomic E-state index is 12.1. The molecule has 0 aliphatic carbocycles. The Bertz CT molecular complexity index is 592. The highest BCUT2D eigenvalue weighted by molar-refractivity contribution is 7.91. The summed E-state index contributed by atoms with van der Waals surface area (Å²) < 4.78 is 32.1. The highest BCUT2D eigenvalue weighted by atomic mass is 35.5. The second-order valence-corrected chi connectivity index (χ2v) is 8.29. The smallest absolute Gasteiger partial charge is 0.311 e. The van der Waals surface area contributed by atoms with Gasteiger partial charge >= 0.3 is 5.97 Å². The molecule has 1 aromatic heterocycles. The molecule has 0 spiro atoms. The molecule has 0 aromatic carbocycles. The Balaban J connectivity index is 2.11. The highest BCUT2D eigenvalue weighted by Crippen LogP contribution is 2.31. The normalized spacial score (nSPS) is 18.9. The molecule has 0 unspecified atom stereocenters. The summed E-state index contributed by atoms with van der Waals surface area (Å²) in [5.74, 6) is -1.01. The second kappa shape index (κ2) is 5.98. The summed E-state index contributed by atoms with van der Waals surface area (Å²) in [6.45, 7) is 0.487. The molecule has 112 valence electrons. The van der Waals surface area contributed by atoms with Gasteiger partial charge in [-0.1, -0.05) is 11.6 Å². The van der Waals surface area contributed by atoms with Crippen LogP contribution in [-0.4, -0.2) is 39.3 Å². The number of carboxylic acid groups (broad SMARTS) is 1. The minimum Gasteiger partial charge on any atom is -0.481 e. The SMILES string of the molecule is O=C(O)C1(CNS(=O)(=O)c2ccc(Cl)s2)CCOCC1. The molecule has 1 aliphatic heterocycles. The molecular weight excluding hydrogens is 326 g/mol. The Hall–Kier alpha value is -0.670. The Labute approximate surface area is 125 Å². The summed E-state index contributed by atoms with van der Waals surface area (Å²) in [7, 11) is -3.73. The Morgan fingerprint density at radius 3 is 2.60 bits per heavy atom. The fourth-order valence-electron chi connectivity index (χ4n) is 1.97. The number of ether oxygens (including phenoxy) is 1.